The molecular formula is C8H18ClN3O. The summed E-state index contributed by atoms with van der Waals surface area (Å²) in [7, 11) is 1.93. The van der Waals surface area contributed by atoms with Gasteiger partial charge in [-0.05, 0) is 32.4 Å². The number of hydrogen-bond acceptors (Lipinski definition) is 2. The zero-order chi connectivity index (χ0) is 8.97. The molecule has 3 N–H and O–H groups in total. The van der Waals surface area contributed by atoms with E-state index in [2.05, 4.69) is 5.32 Å². The average Bonchev–Trinajstić information content (AvgIpc) is 2.05. The van der Waals surface area contributed by atoms with Gasteiger partial charge in [-0.2, -0.15) is 0 Å². The number of rotatable bonds is 2. The Kier molecular flexibility index (Phi) is 5.82. The maximum Gasteiger partial charge on any atom is 0.314 e. The van der Waals surface area contributed by atoms with Crippen molar-refractivity contribution in [1.82, 2.24) is 10.2 Å². The van der Waals surface area contributed by atoms with Crippen LogP contribution in [0, 0.1) is 5.92 Å². The van der Waals surface area contributed by atoms with E-state index in [0.717, 1.165) is 26.1 Å². The van der Waals surface area contributed by atoms with E-state index in [1.807, 2.05) is 7.05 Å². The van der Waals surface area contributed by atoms with Crippen molar-refractivity contribution >= 4 is 18.4 Å². The van der Waals surface area contributed by atoms with E-state index in [1.54, 1.807) is 4.90 Å². The molecule has 2 amide bonds. The lowest BCUT2D eigenvalue weighted by atomic mass is 9.98. The first-order chi connectivity index (χ1) is 5.74. The van der Waals surface area contributed by atoms with Crippen LogP contribution in [-0.4, -0.2) is 37.6 Å². The lowest BCUT2D eigenvalue weighted by Gasteiger charge is -2.31. The van der Waals surface area contributed by atoms with Crippen molar-refractivity contribution in [3.8, 4) is 0 Å². The van der Waals surface area contributed by atoms with Crippen LogP contribution in [0.2, 0.25) is 0 Å². The third kappa shape index (κ3) is 3.83. The molecule has 0 radical (unpaired) electrons. The van der Waals surface area contributed by atoms with E-state index < -0.39 is 0 Å². The lowest BCUT2D eigenvalue weighted by molar-refractivity contribution is 0.173. The summed E-state index contributed by atoms with van der Waals surface area (Å²) in [6.45, 7) is 2.62. The van der Waals surface area contributed by atoms with Crippen LogP contribution in [0.5, 0.6) is 0 Å². The van der Waals surface area contributed by atoms with Crippen molar-refractivity contribution in [3.63, 3.8) is 0 Å². The number of piperidine rings is 1. The number of amides is 2. The molecule has 0 aromatic carbocycles. The van der Waals surface area contributed by atoms with Gasteiger partial charge in [0.05, 0.1) is 0 Å². The average molecular weight is 208 g/mol. The van der Waals surface area contributed by atoms with Crippen LogP contribution in [0.25, 0.3) is 0 Å². The number of carbonyl (C=O) groups excluding carboxylic acids is 1. The van der Waals surface area contributed by atoms with Crippen LogP contribution in [0.1, 0.15) is 12.8 Å². The topological polar surface area (TPSA) is 58.4 Å². The van der Waals surface area contributed by atoms with Crippen LogP contribution in [-0.2, 0) is 0 Å². The molecule has 0 spiro atoms. The molecule has 1 atom stereocenters. The second-order valence-corrected chi connectivity index (χ2v) is 3.35. The number of halogens is 1. The van der Waals surface area contributed by atoms with E-state index in [9.17, 15) is 4.79 Å². The molecule has 1 heterocycles. The Labute approximate surface area is 85.3 Å². The maximum absolute atomic E-state index is 10.8. The molecule has 0 aromatic heterocycles. The Morgan fingerprint density at radius 1 is 1.69 bits per heavy atom. The molecule has 0 saturated carbocycles. The van der Waals surface area contributed by atoms with Gasteiger partial charge in [0, 0.05) is 13.1 Å². The molecule has 4 nitrogen and oxygen atoms in total. The largest absolute Gasteiger partial charge is 0.351 e. The second-order valence-electron chi connectivity index (χ2n) is 3.35. The Hall–Kier alpha value is -0.480. The Balaban J connectivity index is 0.00000144. The molecule has 5 heteroatoms. The molecule has 0 aromatic rings. The van der Waals surface area contributed by atoms with Crippen LogP contribution < -0.4 is 11.1 Å². The summed E-state index contributed by atoms with van der Waals surface area (Å²) < 4.78 is 0. The highest BCUT2D eigenvalue weighted by atomic mass is 35.5. The van der Waals surface area contributed by atoms with Crippen LogP contribution >= 0.6 is 12.4 Å². The highest BCUT2D eigenvalue weighted by molar-refractivity contribution is 5.85. The summed E-state index contributed by atoms with van der Waals surface area (Å²) in [5.41, 5.74) is 5.19. The predicted molar refractivity (Wildman–Crippen MR) is 55.1 cm³/mol. The van der Waals surface area contributed by atoms with Gasteiger partial charge < -0.3 is 16.0 Å². The summed E-state index contributed by atoms with van der Waals surface area (Å²) in [6, 6.07) is -0.282. The Bertz CT molecular complexity index is 163. The van der Waals surface area contributed by atoms with Crippen molar-refractivity contribution in [2.75, 3.05) is 26.7 Å². The summed E-state index contributed by atoms with van der Waals surface area (Å²) in [4.78, 5) is 12.6. The van der Waals surface area contributed by atoms with Crippen molar-refractivity contribution < 1.29 is 4.79 Å². The summed E-state index contributed by atoms with van der Waals surface area (Å²) in [5, 5.41) is 3.12. The molecule has 1 saturated heterocycles. The standard InChI is InChI=1S/C8H17N3O.ClH/c1-10-5-7-3-2-4-11(6-7)8(9)12;/h7,10H,2-6H2,1H3,(H2,9,12);1H. The molecule has 13 heavy (non-hydrogen) atoms. The van der Waals surface area contributed by atoms with Crippen molar-refractivity contribution in [2.45, 2.75) is 12.8 Å². The normalized spacial score (nSPS) is 22.2. The summed E-state index contributed by atoms with van der Waals surface area (Å²) in [6.07, 6.45) is 2.28. The SMILES string of the molecule is CNCC1CCCN(C(N)=O)C1.Cl. The molecule has 1 aliphatic rings. The number of nitrogens with zero attached hydrogens (tertiary/aromatic N) is 1. The van der Waals surface area contributed by atoms with Gasteiger partial charge in [-0.25, -0.2) is 4.79 Å². The van der Waals surface area contributed by atoms with E-state index in [4.69, 9.17) is 5.73 Å². The first-order valence-corrected chi connectivity index (χ1v) is 4.43. The van der Waals surface area contributed by atoms with E-state index >= 15 is 0 Å². The number of hydrogen-bond donors (Lipinski definition) is 2. The fraction of sp³-hybridized carbons (Fsp3) is 0.875. The van der Waals surface area contributed by atoms with Crippen LogP contribution in [0.3, 0.4) is 0 Å². The Morgan fingerprint density at radius 3 is 2.92 bits per heavy atom. The van der Waals surface area contributed by atoms with Crippen LogP contribution in [0.4, 0.5) is 4.79 Å². The zero-order valence-corrected chi connectivity index (χ0v) is 8.77. The molecular weight excluding hydrogens is 190 g/mol. The first-order valence-electron chi connectivity index (χ1n) is 4.43. The molecule has 1 rings (SSSR count). The van der Waals surface area contributed by atoms with Crippen molar-refractivity contribution in [3.05, 3.63) is 0 Å². The summed E-state index contributed by atoms with van der Waals surface area (Å²) in [5.74, 6) is 0.580. The van der Waals surface area contributed by atoms with E-state index in [1.165, 1.54) is 6.42 Å². The van der Waals surface area contributed by atoms with Gasteiger partial charge in [-0.1, -0.05) is 0 Å². The maximum atomic E-state index is 10.8. The molecule has 1 unspecified atom stereocenters. The number of carbonyl (C=O) groups is 1. The quantitative estimate of drug-likeness (QED) is 0.690. The van der Waals surface area contributed by atoms with Gasteiger partial charge in [0.15, 0.2) is 0 Å². The molecule has 1 fully saturated rings. The molecule has 1 aliphatic heterocycles. The predicted octanol–water partition coefficient (Wildman–Crippen LogP) is 0.418. The first kappa shape index (κ1) is 12.5. The lowest BCUT2D eigenvalue weighted by Crippen LogP contribution is -2.44. The number of urea groups is 1. The number of likely N-dealkylation sites (tertiary alicyclic amines) is 1. The molecule has 78 valence electrons. The van der Waals surface area contributed by atoms with Crippen molar-refractivity contribution in [2.24, 2.45) is 11.7 Å². The van der Waals surface area contributed by atoms with Gasteiger partial charge in [-0.15, -0.1) is 12.4 Å². The van der Waals surface area contributed by atoms with Gasteiger partial charge in [0.25, 0.3) is 0 Å². The summed E-state index contributed by atoms with van der Waals surface area (Å²) >= 11 is 0. The molecule has 0 bridgehead atoms. The fourth-order valence-corrected chi connectivity index (χ4v) is 1.72. The third-order valence-electron chi connectivity index (χ3n) is 2.32. The number of primary amides is 1. The van der Waals surface area contributed by atoms with Crippen molar-refractivity contribution in [1.29, 1.82) is 0 Å². The monoisotopic (exact) mass is 207 g/mol. The minimum Gasteiger partial charge on any atom is -0.351 e. The highest BCUT2D eigenvalue weighted by Crippen LogP contribution is 2.14. The minimum absolute atomic E-state index is 0. The smallest absolute Gasteiger partial charge is 0.314 e. The van der Waals surface area contributed by atoms with Gasteiger partial charge in [0.1, 0.15) is 0 Å². The van der Waals surface area contributed by atoms with Gasteiger partial charge in [-0.3, -0.25) is 0 Å². The highest BCUT2D eigenvalue weighted by Gasteiger charge is 2.20. The fourth-order valence-electron chi connectivity index (χ4n) is 1.72. The molecule has 0 aliphatic carbocycles. The van der Waals surface area contributed by atoms with Gasteiger partial charge in [0.2, 0.25) is 0 Å². The number of nitrogens with two attached hydrogens (primary N) is 1. The van der Waals surface area contributed by atoms with E-state index in [-0.39, 0.29) is 18.4 Å². The number of nitrogens with one attached hydrogen (secondary N) is 1. The van der Waals surface area contributed by atoms with Crippen LogP contribution in [0.15, 0.2) is 0 Å². The van der Waals surface area contributed by atoms with Gasteiger partial charge >= 0.3 is 6.03 Å². The third-order valence-corrected chi connectivity index (χ3v) is 2.32. The minimum atomic E-state index is -0.282. The second kappa shape index (κ2) is 6.05. The Morgan fingerprint density at radius 2 is 2.38 bits per heavy atom. The van der Waals surface area contributed by atoms with E-state index in [0.29, 0.717) is 5.92 Å². The zero-order valence-electron chi connectivity index (χ0n) is 7.95.